The lowest BCUT2D eigenvalue weighted by molar-refractivity contribution is 0.151. The number of hydrogen-bond donors (Lipinski definition) is 1. The van der Waals surface area contributed by atoms with Crippen molar-refractivity contribution in [3.8, 4) is 0 Å². The largest absolute Gasteiger partial charge is 0.357 e. The predicted octanol–water partition coefficient (Wildman–Crippen LogP) is 3.17. The van der Waals surface area contributed by atoms with Crippen LogP contribution in [0.3, 0.4) is 0 Å². The minimum absolute atomic E-state index is 0.630. The van der Waals surface area contributed by atoms with Gasteiger partial charge in [0.2, 0.25) is 0 Å². The van der Waals surface area contributed by atoms with E-state index in [1.54, 1.807) is 0 Å². The standard InChI is InChI=1S/C19H27N3/c1-2-20-18(22-11-10-19(14-22)8-5-9-19)21-13-16-12-15-6-3-4-7-17(15)16/h3-4,6-7,16H,2,5,8-14H2,1H3,(H,20,21). The van der Waals surface area contributed by atoms with Crippen molar-refractivity contribution in [2.75, 3.05) is 26.2 Å². The van der Waals surface area contributed by atoms with Crippen molar-refractivity contribution in [1.82, 2.24) is 10.2 Å². The van der Waals surface area contributed by atoms with Crippen molar-refractivity contribution in [1.29, 1.82) is 0 Å². The number of nitrogens with zero attached hydrogens (tertiary/aromatic N) is 2. The van der Waals surface area contributed by atoms with Gasteiger partial charge >= 0.3 is 0 Å². The number of hydrogen-bond acceptors (Lipinski definition) is 1. The van der Waals surface area contributed by atoms with Crippen molar-refractivity contribution >= 4 is 5.96 Å². The minimum atomic E-state index is 0.630. The van der Waals surface area contributed by atoms with E-state index in [2.05, 4.69) is 41.4 Å². The van der Waals surface area contributed by atoms with Crippen LogP contribution in [0, 0.1) is 5.41 Å². The lowest BCUT2D eigenvalue weighted by Gasteiger charge is -2.38. The summed E-state index contributed by atoms with van der Waals surface area (Å²) in [6.07, 6.45) is 6.85. The van der Waals surface area contributed by atoms with Crippen LogP contribution in [-0.4, -0.2) is 37.0 Å². The number of benzene rings is 1. The lowest BCUT2D eigenvalue weighted by atomic mass is 9.68. The minimum Gasteiger partial charge on any atom is -0.357 e. The van der Waals surface area contributed by atoms with Gasteiger partial charge in [-0.2, -0.15) is 0 Å². The van der Waals surface area contributed by atoms with E-state index in [-0.39, 0.29) is 0 Å². The second kappa shape index (κ2) is 5.60. The van der Waals surface area contributed by atoms with Crippen LogP contribution in [0.1, 0.15) is 49.7 Å². The summed E-state index contributed by atoms with van der Waals surface area (Å²) in [5.41, 5.74) is 3.67. The molecule has 2 aliphatic carbocycles. The molecule has 118 valence electrons. The SMILES string of the molecule is CCNC(=NCC1Cc2ccccc21)N1CCC2(CCC2)C1. The van der Waals surface area contributed by atoms with Gasteiger partial charge in [0.05, 0.1) is 0 Å². The molecule has 3 nitrogen and oxygen atoms in total. The van der Waals surface area contributed by atoms with Gasteiger partial charge in [0.25, 0.3) is 0 Å². The summed E-state index contributed by atoms with van der Waals surface area (Å²) >= 11 is 0. The second-order valence-electron chi connectivity index (χ2n) is 7.32. The summed E-state index contributed by atoms with van der Waals surface area (Å²) in [4.78, 5) is 7.48. The number of aliphatic imine (C=N–C) groups is 1. The molecule has 2 fully saturated rings. The highest BCUT2D eigenvalue weighted by Crippen LogP contribution is 2.47. The van der Waals surface area contributed by atoms with Crippen LogP contribution < -0.4 is 5.32 Å². The van der Waals surface area contributed by atoms with E-state index in [0.29, 0.717) is 11.3 Å². The molecule has 1 aliphatic heterocycles. The van der Waals surface area contributed by atoms with Crippen LogP contribution in [0.25, 0.3) is 0 Å². The number of rotatable bonds is 3. The van der Waals surface area contributed by atoms with Crippen LogP contribution in [0.2, 0.25) is 0 Å². The quantitative estimate of drug-likeness (QED) is 0.685. The third-order valence-corrected chi connectivity index (χ3v) is 5.91. The zero-order valence-electron chi connectivity index (χ0n) is 13.6. The fourth-order valence-corrected chi connectivity index (χ4v) is 4.35. The van der Waals surface area contributed by atoms with Crippen LogP contribution in [0.15, 0.2) is 29.3 Å². The first-order valence-corrected chi connectivity index (χ1v) is 8.91. The molecule has 1 unspecified atom stereocenters. The molecular formula is C19H27N3. The molecule has 3 aliphatic rings. The van der Waals surface area contributed by atoms with E-state index in [1.165, 1.54) is 56.3 Å². The highest BCUT2D eigenvalue weighted by Gasteiger charge is 2.43. The molecule has 1 atom stereocenters. The average Bonchev–Trinajstić information content (AvgIpc) is 2.93. The summed E-state index contributed by atoms with van der Waals surface area (Å²) in [5, 5.41) is 3.51. The van der Waals surface area contributed by atoms with Crippen LogP contribution in [0.4, 0.5) is 0 Å². The molecule has 1 aromatic carbocycles. The molecule has 1 aromatic rings. The van der Waals surface area contributed by atoms with Gasteiger partial charge in [0, 0.05) is 32.1 Å². The molecule has 0 radical (unpaired) electrons. The third-order valence-electron chi connectivity index (χ3n) is 5.91. The van der Waals surface area contributed by atoms with Gasteiger partial charge in [-0.25, -0.2) is 0 Å². The second-order valence-corrected chi connectivity index (χ2v) is 7.32. The summed E-state index contributed by atoms with van der Waals surface area (Å²) in [7, 11) is 0. The van der Waals surface area contributed by atoms with Gasteiger partial charge in [-0.05, 0) is 49.1 Å². The van der Waals surface area contributed by atoms with E-state index in [4.69, 9.17) is 4.99 Å². The molecule has 0 bridgehead atoms. The van der Waals surface area contributed by atoms with Gasteiger partial charge in [0.1, 0.15) is 0 Å². The first kappa shape index (κ1) is 14.1. The number of likely N-dealkylation sites (tertiary alicyclic amines) is 1. The fraction of sp³-hybridized carbons (Fsp3) is 0.632. The van der Waals surface area contributed by atoms with Gasteiger partial charge in [-0.15, -0.1) is 0 Å². The van der Waals surface area contributed by atoms with Crippen molar-refractivity contribution in [2.24, 2.45) is 10.4 Å². The zero-order chi connectivity index (χ0) is 15.0. The Morgan fingerprint density at radius 3 is 2.86 bits per heavy atom. The molecule has 1 saturated carbocycles. The summed E-state index contributed by atoms with van der Waals surface area (Å²) in [5.74, 6) is 1.78. The van der Waals surface area contributed by atoms with Crippen molar-refractivity contribution in [2.45, 2.75) is 44.9 Å². The van der Waals surface area contributed by atoms with E-state index >= 15 is 0 Å². The number of nitrogens with one attached hydrogen (secondary N) is 1. The Labute approximate surface area is 133 Å². The van der Waals surface area contributed by atoms with Gasteiger partial charge < -0.3 is 10.2 Å². The monoisotopic (exact) mass is 297 g/mol. The number of fused-ring (bicyclic) bond motifs is 1. The van der Waals surface area contributed by atoms with E-state index in [1.807, 2.05) is 0 Å². The van der Waals surface area contributed by atoms with Crippen LogP contribution in [0.5, 0.6) is 0 Å². The first-order valence-electron chi connectivity index (χ1n) is 8.91. The summed E-state index contributed by atoms with van der Waals surface area (Å²) in [6, 6.07) is 8.82. The molecule has 22 heavy (non-hydrogen) atoms. The molecule has 1 spiro atoms. The first-order chi connectivity index (χ1) is 10.8. The zero-order valence-corrected chi connectivity index (χ0v) is 13.6. The van der Waals surface area contributed by atoms with Gasteiger partial charge in [-0.1, -0.05) is 30.7 Å². The Hall–Kier alpha value is -1.51. The Bertz CT molecular complexity index is 574. The summed E-state index contributed by atoms with van der Waals surface area (Å²) < 4.78 is 0. The molecule has 4 rings (SSSR count). The van der Waals surface area contributed by atoms with Crippen molar-refractivity contribution in [3.63, 3.8) is 0 Å². The number of guanidine groups is 1. The third kappa shape index (κ3) is 2.41. The average molecular weight is 297 g/mol. The topological polar surface area (TPSA) is 27.6 Å². The normalized spacial score (nSPS) is 25.6. The molecule has 1 N–H and O–H groups in total. The van der Waals surface area contributed by atoms with Crippen molar-refractivity contribution in [3.05, 3.63) is 35.4 Å². The van der Waals surface area contributed by atoms with Crippen molar-refractivity contribution < 1.29 is 0 Å². The summed E-state index contributed by atoms with van der Waals surface area (Å²) in [6.45, 7) is 6.48. The van der Waals surface area contributed by atoms with Gasteiger partial charge in [-0.3, -0.25) is 4.99 Å². The lowest BCUT2D eigenvalue weighted by Crippen LogP contribution is -2.43. The highest BCUT2D eigenvalue weighted by molar-refractivity contribution is 5.80. The molecule has 1 heterocycles. The highest BCUT2D eigenvalue weighted by atomic mass is 15.3. The predicted molar refractivity (Wildman–Crippen MR) is 91.3 cm³/mol. The van der Waals surface area contributed by atoms with Crippen LogP contribution in [-0.2, 0) is 6.42 Å². The maximum Gasteiger partial charge on any atom is 0.193 e. The van der Waals surface area contributed by atoms with E-state index in [9.17, 15) is 0 Å². The Morgan fingerprint density at radius 2 is 2.18 bits per heavy atom. The molecule has 1 saturated heterocycles. The Morgan fingerprint density at radius 1 is 1.32 bits per heavy atom. The molecule has 3 heteroatoms. The Kier molecular flexibility index (Phi) is 3.59. The van der Waals surface area contributed by atoms with E-state index < -0.39 is 0 Å². The molecule has 0 amide bonds. The van der Waals surface area contributed by atoms with E-state index in [0.717, 1.165) is 19.0 Å². The smallest absolute Gasteiger partial charge is 0.193 e. The molecular weight excluding hydrogens is 270 g/mol. The maximum absolute atomic E-state index is 4.97. The maximum atomic E-state index is 4.97. The van der Waals surface area contributed by atoms with Gasteiger partial charge in [0.15, 0.2) is 5.96 Å². The molecule has 0 aromatic heterocycles. The fourth-order valence-electron chi connectivity index (χ4n) is 4.35. The Balaban J connectivity index is 1.42. The van der Waals surface area contributed by atoms with Crippen LogP contribution >= 0.6 is 0 Å².